The molecule has 9 heteroatoms. The number of H-pyrrole nitrogens is 1. The van der Waals surface area contributed by atoms with Gasteiger partial charge in [0, 0.05) is 35.6 Å². The molecule has 6 rings (SSSR count). The van der Waals surface area contributed by atoms with Crippen molar-refractivity contribution < 1.29 is 9.26 Å². The zero-order valence-electron chi connectivity index (χ0n) is 19.3. The van der Waals surface area contributed by atoms with Gasteiger partial charge in [0.15, 0.2) is 0 Å². The van der Waals surface area contributed by atoms with Crippen LogP contribution in [0.2, 0.25) is 0 Å². The van der Waals surface area contributed by atoms with E-state index in [2.05, 4.69) is 31.6 Å². The lowest BCUT2D eigenvalue weighted by Crippen LogP contribution is -1.99. The average molecular weight is 444 g/mol. The summed E-state index contributed by atoms with van der Waals surface area (Å²) in [5, 5.41) is 14.2. The predicted octanol–water partition coefficient (Wildman–Crippen LogP) is 5.05. The molecule has 1 aromatic carbocycles. The normalized spacial score (nSPS) is 13.8. The summed E-state index contributed by atoms with van der Waals surface area (Å²) in [6, 6.07) is 4.10. The summed E-state index contributed by atoms with van der Waals surface area (Å²) in [4.78, 5) is 12.9. The van der Waals surface area contributed by atoms with Gasteiger partial charge in [-0.1, -0.05) is 5.16 Å². The lowest BCUT2D eigenvalue weighted by atomic mass is 10.0. The molecule has 1 aliphatic rings. The average Bonchev–Trinajstić information content (AvgIpc) is 3.35. The molecule has 4 heterocycles. The van der Waals surface area contributed by atoms with Crippen LogP contribution in [0, 0.1) is 20.8 Å². The van der Waals surface area contributed by atoms with Crippen molar-refractivity contribution in [3.63, 3.8) is 0 Å². The van der Waals surface area contributed by atoms with Crippen LogP contribution >= 0.6 is 0 Å². The maximum atomic E-state index is 5.79. The van der Waals surface area contributed by atoms with Crippen molar-refractivity contribution in [2.24, 2.45) is 7.05 Å². The molecule has 0 amide bonds. The predicted molar refractivity (Wildman–Crippen MR) is 126 cm³/mol. The molecule has 9 nitrogen and oxygen atoms in total. The largest absolute Gasteiger partial charge is 0.496 e. The Morgan fingerprint density at radius 1 is 1.18 bits per heavy atom. The highest BCUT2D eigenvalue weighted by Crippen LogP contribution is 2.44. The van der Waals surface area contributed by atoms with Crippen LogP contribution in [-0.2, 0) is 7.05 Å². The van der Waals surface area contributed by atoms with Crippen LogP contribution in [0.4, 0.5) is 11.5 Å². The number of anilines is 2. The Labute approximate surface area is 190 Å². The monoisotopic (exact) mass is 443 g/mol. The number of methoxy groups -OCH3 is 1. The number of ether oxygens (including phenoxy) is 1. The van der Waals surface area contributed by atoms with Gasteiger partial charge in [-0.25, -0.2) is 9.97 Å². The van der Waals surface area contributed by atoms with Crippen LogP contribution in [0.15, 0.2) is 22.9 Å². The van der Waals surface area contributed by atoms with E-state index < -0.39 is 0 Å². The number of aryl methyl sites for hydroxylation is 4. The maximum absolute atomic E-state index is 5.79. The molecule has 0 unspecified atom stereocenters. The van der Waals surface area contributed by atoms with E-state index in [0.29, 0.717) is 11.7 Å². The number of benzene rings is 1. The molecule has 4 aromatic heterocycles. The minimum Gasteiger partial charge on any atom is -0.496 e. The summed E-state index contributed by atoms with van der Waals surface area (Å²) >= 11 is 0. The van der Waals surface area contributed by atoms with E-state index >= 15 is 0 Å². The number of aromatic nitrogens is 6. The number of hydrogen-bond donors (Lipinski definition) is 2. The summed E-state index contributed by atoms with van der Waals surface area (Å²) in [6.07, 6.45) is 4.37. The van der Waals surface area contributed by atoms with Crippen LogP contribution < -0.4 is 10.1 Å². The standard InChI is InChI=1S/C24H25N7O2/c1-11-20(12(2)33-30-11)16-8-17-15(9-19(16)32-5)21-23(27-17)25-13(3)26-24(21)28-18-10-31(4)29-22(18)14-6-7-14/h8-10,14H,6-7H2,1-5H3,(H2,25,26,27,28). The van der Waals surface area contributed by atoms with Crippen LogP contribution in [0.25, 0.3) is 33.1 Å². The molecule has 1 aliphatic carbocycles. The Kier molecular flexibility index (Phi) is 4.23. The molecule has 1 fully saturated rings. The van der Waals surface area contributed by atoms with E-state index in [4.69, 9.17) is 14.2 Å². The fourth-order valence-electron chi connectivity index (χ4n) is 4.65. The first-order chi connectivity index (χ1) is 15.9. The highest BCUT2D eigenvalue weighted by atomic mass is 16.5. The fraction of sp³-hybridized carbons (Fsp3) is 0.333. The molecule has 0 bridgehead atoms. The second-order valence-electron chi connectivity index (χ2n) is 8.77. The molecule has 0 aliphatic heterocycles. The van der Waals surface area contributed by atoms with Crippen LogP contribution in [0.3, 0.4) is 0 Å². The second-order valence-corrected chi connectivity index (χ2v) is 8.77. The van der Waals surface area contributed by atoms with Crippen molar-refractivity contribution >= 4 is 33.4 Å². The molecule has 1 saturated carbocycles. The van der Waals surface area contributed by atoms with Gasteiger partial charge in [0.05, 0.1) is 35.1 Å². The van der Waals surface area contributed by atoms with Gasteiger partial charge < -0.3 is 19.6 Å². The Hall–Kier alpha value is -3.88. The van der Waals surface area contributed by atoms with Gasteiger partial charge in [0.25, 0.3) is 0 Å². The topological polar surface area (TPSA) is 107 Å². The number of fused-ring (bicyclic) bond motifs is 3. The molecule has 0 atom stereocenters. The van der Waals surface area contributed by atoms with Gasteiger partial charge >= 0.3 is 0 Å². The number of aromatic amines is 1. The Morgan fingerprint density at radius 2 is 2.00 bits per heavy atom. The van der Waals surface area contributed by atoms with Gasteiger partial charge in [-0.05, 0) is 45.7 Å². The number of nitrogens with one attached hydrogen (secondary N) is 2. The third kappa shape index (κ3) is 3.14. The molecule has 0 radical (unpaired) electrons. The lowest BCUT2D eigenvalue weighted by Gasteiger charge is -2.10. The van der Waals surface area contributed by atoms with Gasteiger partial charge in [-0.3, -0.25) is 4.68 Å². The Morgan fingerprint density at radius 3 is 2.70 bits per heavy atom. The third-order valence-electron chi connectivity index (χ3n) is 6.26. The van der Waals surface area contributed by atoms with Crippen molar-refractivity contribution in [3.8, 4) is 16.9 Å². The highest BCUT2D eigenvalue weighted by molar-refractivity contribution is 6.13. The summed E-state index contributed by atoms with van der Waals surface area (Å²) in [5.41, 5.74) is 6.50. The fourth-order valence-corrected chi connectivity index (χ4v) is 4.65. The number of nitrogens with zero attached hydrogens (tertiary/aromatic N) is 5. The van der Waals surface area contributed by atoms with E-state index in [0.717, 1.165) is 67.5 Å². The van der Waals surface area contributed by atoms with E-state index in [1.807, 2.05) is 44.8 Å². The van der Waals surface area contributed by atoms with Gasteiger partial charge in [0.2, 0.25) is 0 Å². The Bertz CT molecular complexity index is 1520. The van der Waals surface area contributed by atoms with E-state index in [1.54, 1.807) is 7.11 Å². The molecular formula is C24H25N7O2. The quantitative estimate of drug-likeness (QED) is 0.391. The van der Waals surface area contributed by atoms with E-state index in [1.165, 1.54) is 12.8 Å². The summed E-state index contributed by atoms with van der Waals surface area (Å²) in [5.74, 6) is 3.46. The number of rotatable bonds is 5. The zero-order chi connectivity index (χ0) is 22.9. The smallest absolute Gasteiger partial charge is 0.144 e. The molecule has 168 valence electrons. The SMILES string of the molecule is COc1cc2c(cc1-c1c(C)noc1C)[nH]c1nc(C)nc(Nc3cn(C)nc3C3CC3)c12. The third-order valence-corrected chi connectivity index (χ3v) is 6.26. The summed E-state index contributed by atoms with van der Waals surface area (Å²) in [7, 11) is 3.62. The summed E-state index contributed by atoms with van der Waals surface area (Å²) in [6.45, 7) is 5.74. The van der Waals surface area contributed by atoms with Gasteiger partial charge in [-0.15, -0.1) is 0 Å². The molecule has 0 saturated heterocycles. The first-order valence-electron chi connectivity index (χ1n) is 11.0. The summed E-state index contributed by atoms with van der Waals surface area (Å²) < 4.78 is 13.1. The van der Waals surface area contributed by atoms with Gasteiger partial charge in [-0.2, -0.15) is 5.10 Å². The molecule has 33 heavy (non-hydrogen) atoms. The molecule has 5 aromatic rings. The minimum atomic E-state index is 0.521. The highest BCUT2D eigenvalue weighted by Gasteiger charge is 2.30. The van der Waals surface area contributed by atoms with Crippen molar-refractivity contribution in [2.45, 2.75) is 39.5 Å². The first kappa shape index (κ1) is 19.8. The molecule has 0 spiro atoms. The van der Waals surface area contributed by atoms with Crippen LogP contribution in [-0.4, -0.2) is 37.0 Å². The van der Waals surface area contributed by atoms with Crippen LogP contribution in [0.5, 0.6) is 5.75 Å². The second kappa shape index (κ2) is 7.06. The van der Waals surface area contributed by atoms with Crippen molar-refractivity contribution in [1.82, 2.24) is 29.9 Å². The van der Waals surface area contributed by atoms with E-state index in [-0.39, 0.29) is 0 Å². The van der Waals surface area contributed by atoms with Crippen molar-refractivity contribution in [2.75, 3.05) is 12.4 Å². The van der Waals surface area contributed by atoms with Crippen molar-refractivity contribution in [1.29, 1.82) is 0 Å². The van der Waals surface area contributed by atoms with Gasteiger partial charge in [0.1, 0.15) is 28.8 Å². The minimum absolute atomic E-state index is 0.521. The van der Waals surface area contributed by atoms with Crippen molar-refractivity contribution in [3.05, 3.63) is 41.3 Å². The number of hydrogen-bond acceptors (Lipinski definition) is 7. The molecular weight excluding hydrogens is 418 g/mol. The first-order valence-corrected chi connectivity index (χ1v) is 11.0. The van der Waals surface area contributed by atoms with E-state index in [9.17, 15) is 0 Å². The maximum Gasteiger partial charge on any atom is 0.144 e. The Balaban J connectivity index is 1.56. The zero-order valence-corrected chi connectivity index (χ0v) is 19.3. The lowest BCUT2D eigenvalue weighted by molar-refractivity contribution is 0.393. The molecule has 2 N–H and O–H groups in total. The van der Waals surface area contributed by atoms with Crippen LogP contribution in [0.1, 0.15) is 41.7 Å².